The molecular formula is C54H34N2S. The smallest absolute Gasteiger partial charge is 0.124 e. The second-order valence-corrected chi connectivity index (χ2v) is 15.7. The van der Waals surface area contributed by atoms with Gasteiger partial charge in [-0.05, 0) is 136 Å². The predicted octanol–water partition coefficient (Wildman–Crippen LogP) is 15.2. The highest BCUT2D eigenvalue weighted by Gasteiger charge is 2.13. The first-order valence-electron chi connectivity index (χ1n) is 19.3. The Bertz CT molecular complexity index is 3240. The maximum Gasteiger partial charge on any atom is 0.124 e. The van der Waals surface area contributed by atoms with Crippen LogP contribution in [0.25, 0.3) is 109 Å². The maximum atomic E-state index is 4.90. The van der Waals surface area contributed by atoms with Gasteiger partial charge in [0.2, 0.25) is 0 Å². The lowest BCUT2D eigenvalue weighted by Crippen LogP contribution is -1.88. The molecule has 0 N–H and O–H groups in total. The molecule has 266 valence electrons. The number of benzene rings is 9. The summed E-state index contributed by atoms with van der Waals surface area (Å²) in [6.45, 7) is 0. The lowest BCUT2D eigenvalue weighted by Gasteiger charge is -2.14. The molecule has 0 radical (unpaired) electrons. The molecule has 11 aromatic rings. The standard InChI is InChI=1S/C54H34N2S/c1-2-11-35(12-3-1)43-30-44(39-16-8-13-36(27-39)38-15-10-18-42(29-38)54-56-52-25-26-55-34-53(52)57-54)32-45(31-43)40-17-9-14-37(28-40)41-23-24-50-48-21-5-4-19-46(48)47-20-6-7-22-49(47)51(50)33-41/h1-34H. The van der Waals surface area contributed by atoms with Crippen molar-refractivity contribution in [3.63, 3.8) is 0 Å². The molecule has 11 rings (SSSR count). The molecule has 0 unspecified atom stereocenters. The Morgan fingerprint density at radius 1 is 0.298 bits per heavy atom. The Hall–Kier alpha value is -7.20. The van der Waals surface area contributed by atoms with Gasteiger partial charge < -0.3 is 0 Å². The maximum absolute atomic E-state index is 4.90. The minimum Gasteiger partial charge on any atom is -0.263 e. The number of fused-ring (bicyclic) bond motifs is 7. The van der Waals surface area contributed by atoms with Crippen LogP contribution in [-0.2, 0) is 0 Å². The van der Waals surface area contributed by atoms with Crippen molar-refractivity contribution >= 4 is 53.9 Å². The number of hydrogen-bond acceptors (Lipinski definition) is 3. The molecule has 0 spiro atoms. The van der Waals surface area contributed by atoms with Crippen LogP contribution in [0.15, 0.2) is 207 Å². The Morgan fingerprint density at radius 3 is 1.30 bits per heavy atom. The largest absolute Gasteiger partial charge is 0.263 e. The van der Waals surface area contributed by atoms with E-state index in [9.17, 15) is 0 Å². The highest BCUT2D eigenvalue weighted by molar-refractivity contribution is 7.21. The van der Waals surface area contributed by atoms with Crippen LogP contribution in [0.5, 0.6) is 0 Å². The quantitative estimate of drug-likeness (QED) is 0.159. The first kappa shape index (κ1) is 33.2. The van der Waals surface area contributed by atoms with Gasteiger partial charge in [0, 0.05) is 18.0 Å². The fourth-order valence-electron chi connectivity index (χ4n) is 8.34. The van der Waals surface area contributed by atoms with Crippen molar-refractivity contribution in [1.82, 2.24) is 9.97 Å². The highest BCUT2D eigenvalue weighted by atomic mass is 32.1. The van der Waals surface area contributed by atoms with Crippen LogP contribution in [0.4, 0.5) is 0 Å². The summed E-state index contributed by atoms with van der Waals surface area (Å²) in [6, 6.07) is 70.8. The zero-order valence-electron chi connectivity index (χ0n) is 30.9. The van der Waals surface area contributed by atoms with E-state index in [1.165, 1.54) is 82.4 Å². The number of nitrogens with zero attached hydrogens (tertiary/aromatic N) is 2. The van der Waals surface area contributed by atoms with Gasteiger partial charge in [-0.3, -0.25) is 4.98 Å². The molecule has 0 fully saturated rings. The van der Waals surface area contributed by atoms with Gasteiger partial charge in [-0.25, -0.2) is 4.98 Å². The summed E-state index contributed by atoms with van der Waals surface area (Å²) in [6.07, 6.45) is 3.70. The summed E-state index contributed by atoms with van der Waals surface area (Å²) >= 11 is 1.68. The predicted molar refractivity (Wildman–Crippen MR) is 243 cm³/mol. The first-order valence-corrected chi connectivity index (χ1v) is 20.1. The van der Waals surface area contributed by atoms with Gasteiger partial charge in [-0.2, -0.15) is 0 Å². The van der Waals surface area contributed by atoms with Crippen molar-refractivity contribution in [2.75, 3.05) is 0 Å². The molecule has 0 aliphatic heterocycles. The highest BCUT2D eigenvalue weighted by Crippen LogP contribution is 2.40. The number of pyridine rings is 1. The monoisotopic (exact) mass is 742 g/mol. The van der Waals surface area contributed by atoms with E-state index in [2.05, 4.69) is 193 Å². The third kappa shape index (κ3) is 6.06. The molecule has 2 heterocycles. The van der Waals surface area contributed by atoms with Crippen LogP contribution >= 0.6 is 11.3 Å². The zero-order valence-corrected chi connectivity index (χ0v) is 31.7. The van der Waals surface area contributed by atoms with Gasteiger partial charge in [-0.1, -0.05) is 146 Å². The van der Waals surface area contributed by atoms with E-state index >= 15 is 0 Å². The van der Waals surface area contributed by atoms with E-state index in [-0.39, 0.29) is 0 Å². The molecule has 0 atom stereocenters. The van der Waals surface area contributed by atoms with Gasteiger partial charge in [0.25, 0.3) is 0 Å². The lowest BCUT2D eigenvalue weighted by molar-refractivity contribution is 1.36. The number of rotatable bonds is 6. The number of aromatic nitrogens is 2. The van der Waals surface area contributed by atoms with Gasteiger partial charge >= 0.3 is 0 Å². The van der Waals surface area contributed by atoms with Crippen LogP contribution in [0, 0.1) is 0 Å². The van der Waals surface area contributed by atoms with Gasteiger partial charge in [-0.15, -0.1) is 11.3 Å². The number of hydrogen-bond donors (Lipinski definition) is 0. The minimum atomic E-state index is 0.983. The van der Waals surface area contributed by atoms with Crippen molar-refractivity contribution in [2.45, 2.75) is 0 Å². The van der Waals surface area contributed by atoms with Crippen molar-refractivity contribution < 1.29 is 0 Å². The Labute approximate surface area is 335 Å². The summed E-state index contributed by atoms with van der Waals surface area (Å²) in [5.41, 5.74) is 13.9. The average molecular weight is 743 g/mol. The zero-order chi connectivity index (χ0) is 37.7. The molecule has 2 nitrogen and oxygen atoms in total. The Balaban J connectivity index is 1.01. The van der Waals surface area contributed by atoms with Crippen LogP contribution in [0.1, 0.15) is 0 Å². The van der Waals surface area contributed by atoms with Crippen molar-refractivity contribution in [2.24, 2.45) is 0 Å². The third-order valence-electron chi connectivity index (χ3n) is 11.1. The summed E-state index contributed by atoms with van der Waals surface area (Å²) in [7, 11) is 0. The van der Waals surface area contributed by atoms with Crippen LogP contribution in [-0.4, -0.2) is 9.97 Å². The molecule has 9 aromatic carbocycles. The second kappa shape index (κ2) is 13.8. The number of thiazole rings is 1. The SMILES string of the molecule is c1ccc(-c2cc(-c3cccc(-c4cccc(-c5nc6ccncc6s5)c4)c3)cc(-c3cccc(-c4ccc5c6ccccc6c6ccccc6c5c4)c3)c2)cc1. The fourth-order valence-corrected chi connectivity index (χ4v) is 9.27. The molecule has 2 aromatic heterocycles. The molecule has 0 aliphatic rings. The van der Waals surface area contributed by atoms with Crippen molar-refractivity contribution in [3.05, 3.63) is 207 Å². The third-order valence-corrected chi connectivity index (χ3v) is 12.2. The Morgan fingerprint density at radius 2 is 0.719 bits per heavy atom. The molecule has 0 amide bonds. The summed E-state index contributed by atoms with van der Waals surface area (Å²) in [5, 5.41) is 8.73. The summed E-state index contributed by atoms with van der Waals surface area (Å²) < 4.78 is 1.10. The second-order valence-electron chi connectivity index (χ2n) is 14.6. The van der Waals surface area contributed by atoms with E-state index in [1.54, 1.807) is 17.5 Å². The van der Waals surface area contributed by atoms with Gasteiger partial charge in [0.05, 0.1) is 10.2 Å². The van der Waals surface area contributed by atoms with E-state index in [4.69, 9.17) is 4.98 Å². The van der Waals surface area contributed by atoms with Crippen molar-refractivity contribution in [3.8, 4) is 66.2 Å². The molecule has 0 aliphatic carbocycles. The van der Waals surface area contributed by atoms with Gasteiger partial charge in [0.15, 0.2) is 0 Å². The van der Waals surface area contributed by atoms with Crippen LogP contribution in [0.2, 0.25) is 0 Å². The van der Waals surface area contributed by atoms with Crippen LogP contribution < -0.4 is 0 Å². The van der Waals surface area contributed by atoms with E-state index in [0.29, 0.717) is 0 Å². The summed E-state index contributed by atoms with van der Waals surface area (Å²) in [4.78, 5) is 9.19. The van der Waals surface area contributed by atoms with E-state index in [1.807, 2.05) is 12.3 Å². The van der Waals surface area contributed by atoms with E-state index < -0.39 is 0 Å². The lowest BCUT2D eigenvalue weighted by atomic mass is 9.90. The van der Waals surface area contributed by atoms with E-state index in [0.717, 1.165) is 26.4 Å². The first-order chi connectivity index (χ1) is 28.2. The normalized spacial score (nSPS) is 11.5. The molecule has 0 saturated carbocycles. The molecular weight excluding hydrogens is 709 g/mol. The topological polar surface area (TPSA) is 25.8 Å². The van der Waals surface area contributed by atoms with Gasteiger partial charge in [0.1, 0.15) is 5.01 Å². The minimum absolute atomic E-state index is 0.983. The molecule has 0 bridgehead atoms. The molecule has 0 saturated heterocycles. The Kier molecular flexibility index (Phi) is 8.04. The van der Waals surface area contributed by atoms with Crippen LogP contribution in [0.3, 0.4) is 0 Å². The summed E-state index contributed by atoms with van der Waals surface area (Å²) in [5.74, 6) is 0. The van der Waals surface area contributed by atoms with Crippen molar-refractivity contribution in [1.29, 1.82) is 0 Å². The molecule has 3 heteroatoms. The fraction of sp³-hybridized carbons (Fsp3) is 0. The average Bonchev–Trinajstić information content (AvgIpc) is 3.74. The molecule has 57 heavy (non-hydrogen) atoms.